The number of hydrogen-bond donors (Lipinski definition) is 1. The Hall–Kier alpha value is 1.44. The van der Waals surface area contributed by atoms with Crippen molar-refractivity contribution in [3.8, 4) is 0 Å². The second-order valence-electron chi connectivity index (χ2n) is 4.72. The van der Waals surface area contributed by atoms with Crippen LogP contribution in [0.25, 0.3) is 0 Å². The normalized spacial score (nSPS) is 10.9. The van der Waals surface area contributed by atoms with Gasteiger partial charge in [-0.15, -0.1) is 0 Å². The smallest absolute Gasteiger partial charge is 0.195 e. The fraction of sp³-hybridized carbons (Fsp3) is 0.857. The van der Waals surface area contributed by atoms with Crippen molar-refractivity contribution in [1.29, 1.82) is 0 Å². The third kappa shape index (κ3) is 23.8. The molecule has 0 bridgehead atoms. The molecular formula is C14H25Cl6N. The fourth-order valence-electron chi connectivity index (χ4n) is 1.52. The molecule has 0 saturated heterocycles. The van der Waals surface area contributed by atoms with Crippen LogP contribution in [0.15, 0.2) is 9.52 Å². The van der Waals surface area contributed by atoms with Crippen LogP contribution in [0, 0.1) is 0 Å². The number of hydrogen-bond acceptors (Lipinski definition) is 1. The van der Waals surface area contributed by atoms with Gasteiger partial charge in [-0.2, -0.15) is 0 Å². The van der Waals surface area contributed by atoms with Crippen LogP contribution >= 0.6 is 69.6 Å². The Labute approximate surface area is 159 Å². The largest absolute Gasteiger partial charge is 0.330 e. The Morgan fingerprint density at radius 1 is 0.810 bits per heavy atom. The highest BCUT2D eigenvalue weighted by Gasteiger charge is 2.21. The summed E-state index contributed by atoms with van der Waals surface area (Å²) >= 11 is 32.1. The summed E-state index contributed by atoms with van der Waals surface area (Å²) in [5, 5.41) is 0.142. The summed E-state index contributed by atoms with van der Waals surface area (Å²) in [5.41, 5.74) is 5.39. The quantitative estimate of drug-likeness (QED) is 0.300. The lowest BCUT2D eigenvalue weighted by molar-refractivity contribution is 0.578. The molecule has 2 N–H and O–H groups in total. The van der Waals surface area contributed by atoms with E-state index in [1.165, 1.54) is 51.4 Å². The van der Waals surface area contributed by atoms with Gasteiger partial charge in [-0.25, -0.2) is 0 Å². The molecular weight excluding hydrogens is 395 g/mol. The molecule has 0 aliphatic rings. The maximum atomic E-state index is 5.46. The van der Waals surface area contributed by atoms with Gasteiger partial charge in [-0.1, -0.05) is 121 Å². The molecule has 0 radical (unpaired) electrons. The molecule has 7 heteroatoms. The minimum absolute atomic E-state index is 0.0154. The number of allylic oxidation sites excluding steroid dienone is 1. The predicted octanol–water partition coefficient (Wildman–Crippen LogP) is 7.72. The summed E-state index contributed by atoms with van der Waals surface area (Å²) in [7, 11) is 0. The minimum atomic E-state index is -1.44. The number of rotatable bonds is 9. The van der Waals surface area contributed by atoms with Crippen LogP contribution in [0.3, 0.4) is 0 Å². The Balaban J connectivity index is 0. The second-order valence-corrected chi connectivity index (χ2v) is 8.64. The average Bonchev–Trinajstić information content (AvgIpc) is 2.36. The third-order valence-electron chi connectivity index (χ3n) is 2.62. The lowest BCUT2D eigenvalue weighted by Gasteiger charge is -2.08. The molecule has 0 unspecified atom stereocenters. The zero-order valence-corrected chi connectivity index (χ0v) is 17.0. The van der Waals surface area contributed by atoms with Crippen LogP contribution in [0.5, 0.6) is 0 Å². The molecule has 0 aromatic heterocycles. The van der Waals surface area contributed by atoms with Gasteiger partial charge in [0.05, 0.1) is 5.03 Å². The van der Waals surface area contributed by atoms with E-state index >= 15 is 0 Å². The molecule has 0 fully saturated rings. The highest BCUT2D eigenvalue weighted by Crippen LogP contribution is 2.36. The molecule has 0 atom stereocenters. The van der Waals surface area contributed by atoms with Crippen molar-refractivity contribution in [1.82, 2.24) is 0 Å². The topological polar surface area (TPSA) is 26.0 Å². The SMILES string of the molecule is CCCCCCCCCCN.ClC(Cl)=C(Cl)CC(Cl)(Cl)Cl. The first-order valence-corrected chi connectivity index (χ1v) is 9.47. The van der Waals surface area contributed by atoms with E-state index < -0.39 is 3.79 Å². The van der Waals surface area contributed by atoms with Crippen LogP contribution in [0.1, 0.15) is 64.7 Å². The van der Waals surface area contributed by atoms with Crippen molar-refractivity contribution in [2.45, 2.75) is 68.5 Å². The monoisotopic (exact) mass is 417 g/mol. The lowest BCUT2D eigenvalue weighted by atomic mass is 10.1. The fourth-order valence-corrected chi connectivity index (χ4v) is 2.46. The molecule has 0 aliphatic heterocycles. The number of alkyl halides is 3. The van der Waals surface area contributed by atoms with Crippen molar-refractivity contribution in [2.24, 2.45) is 5.73 Å². The van der Waals surface area contributed by atoms with E-state index in [1.54, 1.807) is 0 Å². The summed E-state index contributed by atoms with van der Waals surface area (Å²) in [6.45, 7) is 3.13. The highest BCUT2D eigenvalue weighted by molar-refractivity contribution is 6.68. The number of unbranched alkanes of at least 4 members (excludes halogenated alkanes) is 7. The van der Waals surface area contributed by atoms with Gasteiger partial charge in [-0.3, -0.25) is 0 Å². The van der Waals surface area contributed by atoms with Crippen LogP contribution < -0.4 is 5.73 Å². The third-order valence-corrected chi connectivity index (χ3v) is 3.99. The molecule has 0 saturated carbocycles. The molecule has 128 valence electrons. The van der Waals surface area contributed by atoms with Crippen LogP contribution in [-0.2, 0) is 0 Å². The first kappa shape index (κ1) is 24.7. The molecule has 0 aromatic carbocycles. The van der Waals surface area contributed by atoms with Gasteiger partial charge in [0.2, 0.25) is 0 Å². The number of halogens is 6. The van der Waals surface area contributed by atoms with Crippen molar-refractivity contribution < 1.29 is 0 Å². The summed E-state index contributed by atoms with van der Waals surface area (Å²) in [4.78, 5) is 0. The van der Waals surface area contributed by atoms with E-state index in [-0.39, 0.29) is 15.9 Å². The van der Waals surface area contributed by atoms with Gasteiger partial charge >= 0.3 is 0 Å². The number of nitrogens with two attached hydrogens (primary N) is 1. The Morgan fingerprint density at radius 3 is 1.52 bits per heavy atom. The first-order chi connectivity index (χ1) is 9.74. The van der Waals surface area contributed by atoms with Crippen molar-refractivity contribution in [3.63, 3.8) is 0 Å². The van der Waals surface area contributed by atoms with Crippen LogP contribution in [0.2, 0.25) is 0 Å². The maximum Gasteiger partial charge on any atom is 0.195 e. The lowest BCUT2D eigenvalue weighted by Crippen LogP contribution is -2.00. The molecule has 0 heterocycles. The van der Waals surface area contributed by atoms with Crippen molar-refractivity contribution in [2.75, 3.05) is 6.54 Å². The second kappa shape index (κ2) is 16.3. The summed E-state index contributed by atoms with van der Waals surface area (Å²) in [6, 6.07) is 0. The van der Waals surface area contributed by atoms with Crippen molar-refractivity contribution >= 4 is 69.6 Å². The molecule has 0 aromatic rings. The molecule has 1 nitrogen and oxygen atoms in total. The predicted molar refractivity (Wildman–Crippen MR) is 101 cm³/mol. The van der Waals surface area contributed by atoms with E-state index in [0.717, 1.165) is 6.54 Å². The Morgan fingerprint density at radius 2 is 1.24 bits per heavy atom. The van der Waals surface area contributed by atoms with Gasteiger partial charge in [0.1, 0.15) is 4.49 Å². The van der Waals surface area contributed by atoms with Crippen molar-refractivity contribution in [3.05, 3.63) is 9.52 Å². The first-order valence-electron chi connectivity index (χ1n) is 7.21. The zero-order valence-electron chi connectivity index (χ0n) is 12.4. The summed E-state index contributed by atoms with van der Waals surface area (Å²) in [5.74, 6) is 0. The molecule has 0 rings (SSSR count). The van der Waals surface area contributed by atoms with Crippen LogP contribution in [0.4, 0.5) is 0 Å². The van der Waals surface area contributed by atoms with E-state index in [0.29, 0.717) is 0 Å². The average molecular weight is 420 g/mol. The highest BCUT2D eigenvalue weighted by atomic mass is 35.6. The maximum absolute atomic E-state index is 5.46. The van der Waals surface area contributed by atoms with Gasteiger partial charge in [0, 0.05) is 6.42 Å². The molecule has 0 spiro atoms. The van der Waals surface area contributed by atoms with Gasteiger partial charge in [-0.05, 0) is 13.0 Å². The van der Waals surface area contributed by atoms with E-state index in [9.17, 15) is 0 Å². The molecule has 0 amide bonds. The Bertz CT molecular complexity index is 251. The molecule has 21 heavy (non-hydrogen) atoms. The summed E-state index contributed by atoms with van der Waals surface area (Å²) in [6.07, 6.45) is 11.0. The molecule has 0 aliphatic carbocycles. The van der Waals surface area contributed by atoms with E-state index in [4.69, 9.17) is 75.3 Å². The Kier molecular flexibility index (Phi) is 19.2. The van der Waals surface area contributed by atoms with Gasteiger partial charge in [0.15, 0.2) is 3.79 Å². The summed E-state index contributed by atoms with van der Waals surface area (Å²) < 4.78 is -1.51. The van der Waals surface area contributed by atoms with E-state index in [2.05, 4.69) is 6.92 Å². The van der Waals surface area contributed by atoms with E-state index in [1.807, 2.05) is 0 Å². The van der Waals surface area contributed by atoms with Gasteiger partial charge in [0.25, 0.3) is 0 Å². The zero-order chi connectivity index (χ0) is 16.7. The van der Waals surface area contributed by atoms with Crippen LogP contribution in [-0.4, -0.2) is 10.3 Å². The standard InChI is InChI=1S/C10H23N.C4H2Cl6/c1-2-3-4-5-6-7-8-9-10-11;5-2(3(6)7)1-4(8,9)10/h2-11H2,1H3;1H2. The van der Waals surface area contributed by atoms with Gasteiger partial charge < -0.3 is 5.73 Å². The minimum Gasteiger partial charge on any atom is -0.330 e.